The van der Waals surface area contributed by atoms with Gasteiger partial charge < -0.3 is 4.57 Å². The molecule has 0 spiro atoms. The van der Waals surface area contributed by atoms with Gasteiger partial charge in [0.1, 0.15) is 5.82 Å². The molecular weight excluding hydrogens is 740 g/mol. The number of fused-ring (bicyclic) bond motifs is 3. The molecule has 2 heterocycles. The van der Waals surface area contributed by atoms with Crippen LogP contribution in [0.5, 0.6) is 0 Å². The van der Waals surface area contributed by atoms with E-state index >= 15 is 0 Å². The molecule has 8 aromatic carbocycles. The van der Waals surface area contributed by atoms with Gasteiger partial charge in [0, 0.05) is 33.2 Å². The molecule has 0 fully saturated rings. The summed E-state index contributed by atoms with van der Waals surface area (Å²) in [5, 5.41) is 22.0. The van der Waals surface area contributed by atoms with E-state index < -0.39 is 0 Å². The van der Waals surface area contributed by atoms with E-state index in [2.05, 4.69) is 47.0 Å². The van der Waals surface area contributed by atoms with Gasteiger partial charge in [0.25, 0.3) is 0 Å². The highest BCUT2D eigenvalue weighted by Crippen LogP contribution is 2.41. The summed E-state index contributed by atoms with van der Waals surface area (Å²) in [4.78, 5) is 15.1. The van der Waals surface area contributed by atoms with Gasteiger partial charge in [-0.3, -0.25) is 0 Å². The van der Waals surface area contributed by atoms with Crippen molar-refractivity contribution in [2.45, 2.75) is 0 Å². The van der Waals surface area contributed by atoms with E-state index in [1.165, 1.54) is 12.1 Å². The molecule has 0 saturated heterocycles. The molecule has 2 aromatic heterocycles. The Morgan fingerprint density at radius 3 is 1.40 bits per heavy atom. The highest BCUT2D eigenvalue weighted by molar-refractivity contribution is 6.12. The van der Waals surface area contributed by atoms with Crippen molar-refractivity contribution in [2.24, 2.45) is 0 Å². The summed E-state index contributed by atoms with van der Waals surface area (Å²) >= 11 is 0. The van der Waals surface area contributed by atoms with Crippen molar-refractivity contribution >= 4 is 21.8 Å². The standard InChI is InChI=1S/C53H31FN6/c54-41-19-11-18-36(28-41)45-25-24-42(31-48(45)53-58-51(34-12-3-1-4-13-34)57-52(59-53)35-14-5-2-6-15-35)60-49-26-22-37(43-20-9-7-16-39(43)32-55)29-46(49)47-30-38(23-27-50(47)60)44-21-10-8-17-40(44)33-56/h1-31H. The molecule has 10 rings (SSSR count). The Balaban J connectivity index is 1.25. The second-order valence-electron chi connectivity index (χ2n) is 14.4. The first-order chi connectivity index (χ1) is 29.6. The van der Waals surface area contributed by atoms with Gasteiger partial charge in [0.05, 0.1) is 34.3 Å². The Labute approximate surface area is 345 Å². The van der Waals surface area contributed by atoms with E-state index in [1.807, 2.05) is 140 Å². The van der Waals surface area contributed by atoms with Crippen LogP contribution in [0.15, 0.2) is 188 Å². The predicted molar refractivity (Wildman–Crippen MR) is 236 cm³/mol. The summed E-state index contributed by atoms with van der Waals surface area (Å²) in [6, 6.07) is 64.7. The molecule has 0 atom stereocenters. The Bertz CT molecular complexity index is 3190. The third-order valence-electron chi connectivity index (χ3n) is 10.8. The summed E-state index contributed by atoms with van der Waals surface area (Å²) in [6.07, 6.45) is 0. The van der Waals surface area contributed by atoms with Crippen molar-refractivity contribution in [3.63, 3.8) is 0 Å². The van der Waals surface area contributed by atoms with Crippen LogP contribution in [0.1, 0.15) is 11.1 Å². The maximum absolute atomic E-state index is 14.9. The zero-order chi connectivity index (χ0) is 40.6. The smallest absolute Gasteiger partial charge is 0.164 e. The molecule has 60 heavy (non-hydrogen) atoms. The molecule has 0 aliphatic heterocycles. The minimum absolute atomic E-state index is 0.349. The Morgan fingerprint density at radius 1 is 0.383 bits per heavy atom. The number of nitrogens with zero attached hydrogens (tertiary/aromatic N) is 6. The molecular formula is C53H31FN6. The molecule has 280 valence electrons. The van der Waals surface area contributed by atoms with Gasteiger partial charge in [-0.2, -0.15) is 10.5 Å². The molecule has 0 aliphatic carbocycles. The van der Waals surface area contributed by atoms with Gasteiger partial charge in [0.2, 0.25) is 0 Å². The van der Waals surface area contributed by atoms with Crippen LogP contribution in [0.25, 0.3) is 95.0 Å². The monoisotopic (exact) mass is 770 g/mol. The van der Waals surface area contributed by atoms with E-state index in [0.717, 1.165) is 66.4 Å². The van der Waals surface area contributed by atoms with Crippen LogP contribution in [-0.4, -0.2) is 19.5 Å². The molecule has 10 aromatic rings. The van der Waals surface area contributed by atoms with E-state index in [0.29, 0.717) is 39.7 Å². The normalized spacial score (nSPS) is 11.1. The summed E-state index contributed by atoms with van der Waals surface area (Å²) in [5.74, 6) is 1.12. The number of aromatic nitrogens is 4. The van der Waals surface area contributed by atoms with E-state index in [4.69, 9.17) is 15.0 Å². The average Bonchev–Trinajstić information content (AvgIpc) is 3.64. The van der Waals surface area contributed by atoms with Gasteiger partial charge in [-0.25, -0.2) is 19.3 Å². The van der Waals surface area contributed by atoms with Gasteiger partial charge in [0.15, 0.2) is 17.5 Å². The van der Waals surface area contributed by atoms with Gasteiger partial charge in [-0.1, -0.05) is 127 Å². The van der Waals surface area contributed by atoms with Gasteiger partial charge in [-0.05, 0) is 94.0 Å². The van der Waals surface area contributed by atoms with Crippen LogP contribution in [0.2, 0.25) is 0 Å². The quantitative estimate of drug-likeness (QED) is 0.161. The lowest BCUT2D eigenvalue weighted by atomic mass is 9.96. The first-order valence-corrected chi connectivity index (χ1v) is 19.4. The third-order valence-corrected chi connectivity index (χ3v) is 10.8. The molecule has 0 amide bonds. The van der Waals surface area contributed by atoms with Crippen molar-refractivity contribution in [1.29, 1.82) is 10.5 Å². The Kier molecular flexibility index (Phi) is 9.02. The minimum atomic E-state index is -0.349. The fraction of sp³-hybridized carbons (Fsp3) is 0. The first kappa shape index (κ1) is 35.9. The molecule has 0 N–H and O–H groups in total. The van der Waals surface area contributed by atoms with Crippen molar-refractivity contribution in [3.8, 4) is 85.4 Å². The minimum Gasteiger partial charge on any atom is -0.309 e. The van der Waals surface area contributed by atoms with E-state index in [9.17, 15) is 14.9 Å². The number of nitriles is 2. The molecule has 0 saturated carbocycles. The molecule has 0 bridgehead atoms. The van der Waals surface area contributed by atoms with Crippen LogP contribution >= 0.6 is 0 Å². The summed E-state index contributed by atoms with van der Waals surface area (Å²) in [5.41, 5.74) is 11.2. The predicted octanol–water partition coefficient (Wildman–Crippen LogP) is 12.9. The molecule has 0 aliphatic rings. The number of halogens is 1. The second kappa shape index (κ2) is 15.1. The highest BCUT2D eigenvalue weighted by Gasteiger charge is 2.21. The SMILES string of the molecule is N#Cc1ccccc1-c1ccc2c(c1)c1cc(-c3ccccc3C#N)ccc1n2-c1ccc(-c2cccc(F)c2)c(-c2nc(-c3ccccc3)nc(-c3ccccc3)n2)c1. The van der Waals surface area contributed by atoms with E-state index in [-0.39, 0.29) is 5.82 Å². The lowest BCUT2D eigenvalue weighted by Crippen LogP contribution is -2.02. The fourth-order valence-corrected chi connectivity index (χ4v) is 7.99. The summed E-state index contributed by atoms with van der Waals surface area (Å²) in [6.45, 7) is 0. The maximum atomic E-state index is 14.9. The van der Waals surface area contributed by atoms with Crippen molar-refractivity contribution < 1.29 is 4.39 Å². The number of benzene rings is 8. The van der Waals surface area contributed by atoms with E-state index in [1.54, 1.807) is 6.07 Å². The largest absolute Gasteiger partial charge is 0.309 e. The van der Waals surface area contributed by atoms with Crippen LogP contribution in [0, 0.1) is 28.5 Å². The zero-order valence-electron chi connectivity index (χ0n) is 32.0. The van der Waals surface area contributed by atoms with Crippen molar-refractivity contribution in [3.05, 3.63) is 205 Å². The highest BCUT2D eigenvalue weighted by atomic mass is 19.1. The fourth-order valence-electron chi connectivity index (χ4n) is 7.99. The number of hydrogen-bond acceptors (Lipinski definition) is 5. The van der Waals surface area contributed by atoms with Crippen LogP contribution in [0.4, 0.5) is 4.39 Å². The number of hydrogen-bond donors (Lipinski definition) is 0. The Morgan fingerprint density at radius 2 is 0.867 bits per heavy atom. The van der Waals surface area contributed by atoms with Crippen molar-refractivity contribution in [1.82, 2.24) is 19.5 Å². The van der Waals surface area contributed by atoms with Crippen LogP contribution < -0.4 is 0 Å². The molecule has 6 nitrogen and oxygen atoms in total. The van der Waals surface area contributed by atoms with Gasteiger partial charge >= 0.3 is 0 Å². The topological polar surface area (TPSA) is 91.2 Å². The third kappa shape index (κ3) is 6.43. The lowest BCUT2D eigenvalue weighted by Gasteiger charge is -2.16. The van der Waals surface area contributed by atoms with Crippen molar-refractivity contribution in [2.75, 3.05) is 0 Å². The lowest BCUT2D eigenvalue weighted by molar-refractivity contribution is 0.628. The molecule has 7 heteroatoms. The first-order valence-electron chi connectivity index (χ1n) is 19.4. The number of rotatable bonds is 7. The molecule has 0 unspecified atom stereocenters. The summed E-state index contributed by atoms with van der Waals surface area (Å²) in [7, 11) is 0. The van der Waals surface area contributed by atoms with Crippen LogP contribution in [-0.2, 0) is 0 Å². The average molecular weight is 771 g/mol. The summed E-state index contributed by atoms with van der Waals surface area (Å²) < 4.78 is 17.1. The zero-order valence-corrected chi connectivity index (χ0v) is 32.0. The Hall–Kier alpha value is -8.52. The maximum Gasteiger partial charge on any atom is 0.164 e. The van der Waals surface area contributed by atoms with Crippen LogP contribution in [0.3, 0.4) is 0 Å². The second-order valence-corrected chi connectivity index (χ2v) is 14.4. The molecule has 0 radical (unpaired) electrons. The van der Waals surface area contributed by atoms with Gasteiger partial charge in [-0.15, -0.1) is 0 Å².